The molecule has 0 saturated heterocycles. The number of nitrogens with zero attached hydrogens (tertiary/aromatic N) is 3. The van der Waals surface area contributed by atoms with Crippen molar-refractivity contribution in [1.29, 1.82) is 0 Å². The maximum Gasteiger partial charge on any atom is 0.153 e. The van der Waals surface area contributed by atoms with Gasteiger partial charge in [0.15, 0.2) is 5.82 Å². The van der Waals surface area contributed by atoms with E-state index in [9.17, 15) is 0 Å². The molecule has 2 heterocycles. The number of halogens is 1. The van der Waals surface area contributed by atoms with Gasteiger partial charge in [-0.05, 0) is 42.3 Å². The Labute approximate surface area is 132 Å². The second-order valence-corrected chi connectivity index (χ2v) is 5.65. The third-order valence-electron chi connectivity index (χ3n) is 3.21. The van der Waals surface area contributed by atoms with Crippen LogP contribution in [0.25, 0.3) is 5.82 Å². The Morgan fingerprint density at radius 3 is 2.81 bits per heavy atom. The number of hydrogen-bond acceptors (Lipinski definition) is 3. The minimum absolute atomic E-state index is 0.775. The Morgan fingerprint density at radius 2 is 2.14 bits per heavy atom. The smallest absolute Gasteiger partial charge is 0.153 e. The summed E-state index contributed by atoms with van der Waals surface area (Å²) in [5.41, 5.74) is 3.47. The zero-order chi connectivity index (χ0) is 14.7. The first-order valence-electron chi connectivity index (χ1n) is 6.67. The first kappa shape index (κ1) is 13.8. The molecule has 106 valence electrons. The lowest BCUT2D eigenvalue weighted by molar-refractivity contribution is 0.847. The summed E-state index contributed by atoms with van der Waals surface area (Å²) < 4.78 is 2.87. The van der Waals surface area contributed by atoms with Crippen molar-refractivity contribution < 1.29 is 0 Å². The molecule has 2 aromatic heterocycles. The molecule has 21 heavy (non-hydrogen) atoms. The number of nitrogens with one attached hydrogen (secondary N) is 1. The van der Waals surface area contributed by atoms with E-state index in [1.807, 2.05) is 30.6 Å². The molecule has 1 aromatic carbocycles. The van der Waals surface area contributed by atoms with Gasteiger partial charge < -0.3 is 5.32 Å². The van der Waals surface area contributed by atoms with E-state index >= 15 is 0 Å². The zero-order valence-corrected chi connectivity index (χ0v) is 13.2. The quantitative estimate of drug-likeness (QED) is 0.780. The molecule has 0 aliphatic rings. The first-order valence-corrected chi connectivity index (χ1v) is 7.46. The molecule has 1 N–H and O–H groups in total. The van der Waals surface area contributed by atoms with Crippen molar-refractivity contribution >= 4 is 21.6 Å². The second-order valence-electron chi connectivity index (χ2n) is 4.79. The number of aryl methyl sites for hydroxylation is 1. The normalized spacial score (nSPS) is 10.6. The second kappa shape index (κ2) is 6.10. The minimum atomic E-state index is 0.775. The van der Waals surface area contributed by atoms with Crippen LogP contribution in [0.15, 0.2) is 59.5 Å². The summed E-state index contributed by atoms with van der Waals surface area (Å²) in [6, 6.07) is 12.2. The summed E-state index contributed by atoms with van der Waals surface area (Å²) in [6.07, 6.45) is 5.44. The van der Waals surface area contributed by atoms with Crippen molar-refractivity contribution in [1.82, 2.24) is 14.8 Å². The van der Waals surface area contributed by atoms with E-state index in [2.05, 4.69) is 56.5 Å². The molecule has 0 radical (unpaired) electrons. The molecule has 0 saturated carbocycles. The average Bonchev–Trinajstić information content (AvgIpc) is 3.03. The van der Waals surface area contributed by atoms with Gasteiger partial charge in [0, 0.05) is 23.4 Å². The van der Waals surface area contributed by atoms with Crippen molar-refractivity contribution in [3.05, 3.63) is 70.6 Å². The Morgan fingerprint density at radius 1 is 1.24 bits per heavy atom. The topological polar surface area (TPSA) is 42.7 Å². The summed E-state index contributed by atoms with van der Waals surface area (Å²) in [4.78, 5) is 4.40. The van der Waals surface area contributed by atoms with E-state index < -0.39 is 0 Å². The van der Waals surface area contributed by atoms with Crippen molar-refractivity contribution in [2.24, 2.45) is 0 Å². The molecular formula is C16H15BrN4. The fourth-order valence-corrected chi connectivity index (χ4v) is 2.30. The highest BCUT2D eigenvalue weighted by atomic mass is 79.9. The molecule has 0 fully saturated rings. The van der Waals surface area contributed by atoms with Gasteiger partial charge in [0.05, 0.1) is 11.9 Å². The number of aromatic nitrogens is 3. The van der Waals surface area contributed by atoms with Crippen LogP contribution in [0.3, 0.4) is 0 Å². The van der Waals surface area contributed by atoms with E-state index in [1.165, 1.54) is 11.1 Å². The largest absolute Gasteiger partial charge is 0.380 e. The Balaban J connectivity index is 1.66. The summed E-state index contributed by atoms with van der Waals surface area (Å²) in [5.74, 6) is 0.810. The van der Waals surface area contributed by atoms with Gasteiger partial charge in [-0.2, -0.15) is 5.10 Å². The van der Waals surface area contributed by atoms with Crippen LogP contribution in [0.1, 0.15) is 11.1 Å². The highest BCUT2D eigenvalue weighted by Crippen LogP contribution is 2.18. The van der Waals surface area contributed by atoms with Gasteiger partial charge in [-0.1, -0.05) is 28.1 Å². The maximum atomic E-state index is 4.40. The summed E-state index contributed by atoms with van der Waals surface area (Å²) in [5, 5.41) is 7.53. The van der Waals surface area contributed by atoms with Crippen molar-refractivity contribution in [3.8, 4) is 5.82 Å². The average molecular weight is 343 g/mol. The molecule has 0 amide bonds. The molecule has 3 aromatic rings. The predicted octanol–water partition coefficient (Wildman–Crippen LogP) is 3.95. The van der Waals surface area contributed by atoms with Crippen LogP contribution in [-0.2, 0) is 6.54 Å². The molecule has 0 aliphatic carbocycles. The summed E-state index contributed by atoms with van der Waals surface area (Å²) in [6.45, 7) is 2.87. The fraction of sp³-hybridized carbons (Fsp3) is 0.125. The number of hydrogen-bond donors (Lipinski definition) is 1. The zero-order valence-electron chi connectivity index (χ0n) is 11.6. The van der Waals surface area contributed by atoms with Crippen LogP contribution in [0, 0.1) is 6.92 Å². The number of benzene rings is 1. The lowest BCUT2D eigenvalue weighted by Gasteiger charge is -2.08. The fourth-order valence-electron chi connectivity index (χ4n) is 2.05. The van der Waals surface area contributed by atoms with E-state index in [0.29, 0.717) is 0 Å². The molecule has 0 aliphatic heterocycles. The van der Waals surface area contributed by atoms with Gasteiger partial charge in [-0.25, -0.2) is 9.67 Å². The van der Waals surface area contributed by atoms with Crippen molar-refractivity contribution in [3.63, 3.8) is 0 Å². The Hall–Kier alpha value is -2.14. The molecule has 4 nitrogen and oxygen atoms in total. The number of anilines is 1. The predicted molar refractivity (Wildman–Crippen MR) is 87.6 cm³/mol. The van der Waals surface area contributed by atoms with Gasteiger partial charge in [0.25, 0.3) is 0 Å². The molecule has 3 rings (SSSR count). The van der Waals surface area contributed by atoms with Gasteiger partial charge >= 0.3 is 0 Å². The lowest BCUT2D eigenvalue weighted by Crippen LogP contribution is -2.02. The van der Waals surface area contributed by atoms with Crippen LogP contribution in [0.4, 0.5) is 5.69 Å². The summed E-state index contributed by atoms with van der Waals surface area (Å²) in [7, 11) is 0. The molecule has 0 atom stereocenters. The highest BCUT2D eigenvalue weighted by molar-refractivity contribution is 9.10. The van der Waals surface area contributed by atoms with Gasteiger partial charge in [-0.15, -0.1) is 0 Å². The lowest BCUT2D eigenvalue weighted by atomic mass is 10.1. The Kier molecular flexibility index (Phi) is 4.01. The Bertz CT molecular complexity index is 721. The SMILES string of the molecule is Cc1cc(CNc2ccc(-n3cccn3)nc2)ccc1Br. The van der Waals surface area contributed by atoms with Crippen LogP contribution in [-0.4, -0.2) is 14.8 Å². The highest BCUT2D eigenvalue weighted by Gasteiger charge is 2.00. The third kappa shape index (κ3) is 3.31. The van der Waals surface area contributed by atoms with Gasteiger partial charge in [-0.3, -0.25) is 0 Å². The molecule has 0 bridgehead atoms. The van der Waals surface area contributed by atoms with E-state index in [1.54, 1.807) is 10.9 Å². The van der Waals surface area contributed by atoms with E-state index in [0.717, 1.165) is 22.5 Å². The summed E-state index contributed by atoms with van der Waals surface area (Å²) >= 11 is 3.51. The third-order valence-corrected chi connectivity index (χ3v) is 4.10. The van der Waals surface area contributed by atoms with Crippen LogP contribution in [0.5, 0.6) is 0 Å². The van der Waals surface area contributed by atoms with Gasteiger partial charge in [0.1, 0.15) is 0 Å². The maximum absolute atomic E-state index is 4.40. The van der Waals surface area contributed by atoms with Crippen molar-refractivity contribution in [2.75, 3.05) is 5.32 Å². The van der Waals surface area contributed by atoms with Crippen LogP contribution >= 0.6 is 15.9 Å². The monoisotopic (exact) mass is 342 g/mol. The standard InChI is InChI=1S/C16H15BrN4/c1-12-9-13(3-5-15(12)17)10-18-14-4-6-16(19-11-14)21-8-2-7-20-21/h2-9,11,18H,10H2,1H3. The van der Waals surface area contributed by atoms with E-state index in [-0.39, 0.29) is 0 Å². The molecular weight excluding hydrogens is 328 g/mol. The minimum Gasteiger partial charge on any atom is -0.380 e. The van der Waals surface area contributed by atoms with Crippen LogP contribution < -0.4 is 5.32 Å². The number of rotatable bonds is 4. The number of pyridine rings is 1. The van der Waals surface area contributed by atoms with Gasteiger partial charge in [0.2, 0.25) is 0 Å². The van der Waals surface area contributed by atoms with E-state index in [4.69, 9.17) is 0 Å². The molecule has 0 spiro atoms. The first-order chi connectivity index (χ1) is 10.2. The molecule has 5 heteroatoms. The van der Waals surface area contributed by atoms with Crippen molar-refractivity contribution in [2.45, 2.75) is 13.5 Å². The molecule has 0 unspecified atom stereocenters. The van der Waals surface area contributed by atoms with Crippen LogP contribution in [0.2, 0.25) is 0 Å².